The summed E-state index contributed by atoms with van der Waals surface area (Å²) in [5, 5.41) is 8.37. The number of hydrogen-bond acceptors (Lipinski definition) is 4. The third kappa shape index (κ3) is 3.74. The first kappa shape index (κ1) is 15.2. The molecular weight excluding hydrogens is 294 g/mol. The molecule has 5 heteroatoms. The summed E-state index contributed by atoms with van der Waals surface area (Å²) < 4.78 is 0. The largest absolute Gasteiger partial charge is 0.350 e. The minimum Gasteiger partial charge on any atom is -0.350 e. The van der Waals surface area contributed by atoms with E-state index in [0.717, 1.165) is 48.7 Å². The van der Waals surface area contributed by atoms with Gasteiger partial charge in [0.25, 0.3) is 5.91 Å². The van der Waals surface area contributed by atoms with Gasteiger partial charge in [-0.2, -0.15) is 0 Å². The molecule has 2 heterocycles. The number of benzene rings is 1. The predicted octanol–water partition coefficient (Wildman–Crippen LogP) is 2.05. The van der Waals surface area contributed by atoms with Crippen LogP contribution in [0.15, 0.2) is 41.8 Å². The Labute approximate surface area is 135 Å². The number of amides is 1. The smallest absolute Gasteiger partial charge is 0.262 e. The molecule has 0 aliphatic carbocycles. The second kappa shape index (κ2) is 7.54. The summed E-state index contributed by atoms with van der Waals surface area (Å²) in [4.78, 5) is 15.6. The molecule has 0 unspecified atom stereocenters. The second-order valence-corrected chi connectivity index (χ2v) is 6.29. The third-order valence-corrected chi connectivity index (χ3v) is 4.79. The minimum absolute atomic E-state index is 0.0315. The van der Waals surface area contributed by atoms with E-state index >= 15 is 0 Å². The molecule has 0 radical (unpaired) electrons. The third-order valence-electron chi connectivity index (χ3n) is 3.88. The summed E-state index contributed by atoms with van der Waals surface area (Å²) in [6.07, 6.45) is 0. The van der Waals surface area contributed by atoms with Gasteiger partial charge in [-0.05, 0) is 17.0 Å². The van der Waals surface area contributed by atoms with Crippen LogP contribution in [0.25, 0.3) is 11.1 Å². The number of rotatable bonds is 5. The summed E-state index contributed by atoms with van der Waals surface area (Å²) in [6.45, 7) is 5.81. The first-order valence-corrected chi connectivity index (χ1v) is 8.57. The first-order chi connectivity index (χ1) is 10.8. The van der Waals surface area contributed by atoms with E-state index in [0.29, 0.717) is 6.54 Å². The Morgan fingerprint density at radius 2 is 1.95 bits per heavy atom. The molecule has 1 aromatic carbocycles. The summed E-state index contributed by atoms with van der Waals surface area (Å²) in [7, 11) is 0. The highest BCUT2D eigenvalue weighted by atomic mass is 32.1. The fourth-order valence-electron chi connectivity index (χ4n) is 2.67. The maximum Gasteiger partial charge on any atom is 0.262 e. The molecule has 0 bridgehead atoms. The molecule has 2 N–H and O–H groups in total. The van der Waals surface area contributed by atoms with Gasteiger partial charge in [-0.15, -0.1) is 11.3 Å². The Bertz CT molecular complexity index is 605. The Balaban J connectivity index is 1.58. The molecule has 2 aromatic rings. The highest BCUT2D eigenvalue weighted by Gasteiger charge is 2.15. The fourth-order valence-corrected chi connectivity index (χ4v) is 3.50. The lowest BCUT2D eigenvalue weighted by molar-refractivity contribution is 0.0952. The van der Waals surface area contributed by atoms with Crippen LogP contribution in [0.4, 0.5) is 0 Å². The van der Waals surface area contributed by atoms with Crippen LogP contribution in [-0.2, 0) is 0 Å². The van der Waals surface area contributed by atoms with Crippen molar-refractivity contribution in [2.24, 2.45) is 0 Å². The van der Waals surface area contributed by atoms with Gasteiger partial charge in [0, 0.05) is 44.8 Å². The van der Waals surface area contributed by atoms with Gasteiger partial charge in [0.1, 0.15) is 0 Å². The van der Waals surface area contributed by atoms with Crippen molar-refractivity contribution in [3.05, 3.63) is 46.7 Å². The Hall–Kier alpha value is -1.69. The van der Waals surface area contributed by atoms with Gasteiger partial charge in [-0.3, -0.25) is 9.69 Å². The molecule has 0 spiro atoms. The molecule has 116 valence electrons. The van der Waals surface area contributed by atoms with Crippen LogP contribution in [-0.4, -0.2) is 50.1 Å². The van der Waals surface area contributed by atoms with E-state index < -0.39 is 0 Å². The molecule has 0 atom stereocenters. The number of nitrogens with one attached hydrogen (secondary N) is 2. The van der Waals surface area contributed by atoms with Crippen molar-refractivity contribution in [2.45, 2.75) is 0 Å². The van der Waals surface area contributed by atoms with E-state index in [1.807, 2.05) is 41.8 Å². The van der Waals surface area contributed by atoms with E-state index in [4.69, 9.17) is 0 Å². The topological polar surface area (TPSA) is 44.4 Å². The van der Waals surface area contributed by atoms with Crippen LogP contribution in [0.1, 0.15) is 9.67 Å². The molecular formula is C17H21N3OS. The molecule has 3 rings (SSSR count). The predicted molar refractivity (Wildman–Crippen MR) is 91.4 cm³/mol. The van der Waals surface area contributed by atoms with Crippen molar-refractivity contribution in [2.75, 3.05) is 39.3 Å². The molecule has 1 saturated heterocycles. The van der Waals surface area contributed by atoms with Crippen molar-refractivity contribution in [3.63, 3.8) is 0 Å². The lowest BCUT2D eigenvalue weighted by atomic mass is 10.1. The van der Waals surface area contributed by atoms with E-state index in [9.17, 15) is 4.79 Å². The highest BCUT2D eigenvalue weighted by Crippen LogP contribution is 2.27. The summed E-state index contributed by atoms with van der Waals surface area (Å²) in [5.41, 5.74) is 2.11. The van der Waals surface area contributed by atoms with Gasteiger partial charge in [-0.1, -0.05) is 30.3 Å². The SMILES string of the molecule is O=C(NCCN1CCNCC1)c1sccc1-c1ccccc1. The van der Waals surface area contributed by atoms with Crippen LogP contribution in [0.5, 0.6) is 0 Å². The van der Waals surface area contributed by atoms with Gasteiger partial charge in [-0.25, -0.2) is 0 Å². The molecule has 1 fully saturated rings. The van der Waals surface area contributed by atoms with Crippen molar-refractivity contribution >= 4 is 17.2 Å². The maximum absolute atomic E-state index is 12.4. The van der Waals surface area contributed by atoms with Crippen LogP contribution in [0, 0.1) is 0 Å². The minimum atomic E-state index is 0.0315. The van der Waals surface area contributed by atoms with Crippen molar-refractivity contribution in [1.82, 2.24) is 15.5 Å². The van der Waals surface area contributed by atoms with Gasteiger partial charge in [0.05, 0.1) is 4.88 Å². The first-order valence-electron chi connectivity index (χ1n) is 7.69. The number of piperazine rings is 1. The summed E-state index contributed by atoms with van der Waals surface area (Å²) in [6, 6.07) is 12.1. The Morgan fingerprint density at radius 1 is 1.18 bits per heavy atom. The highest BCUT2D eigenvalue weighted by molar-refractivity contribution is 7.12. The number of nitrogens with zero attached hydrogens (tertiary/aromatic N) is 1. The number of thiophene rings is 1. The van der Waals surface area contributed by atoms with Gasteiger partial charge >= 0.3 is 0 Å². The molecule has 1 aliphatic rings. The van der Waals surface area contributed by atoms with E-state index in [-0.39, 0.29) is 5.91 Å². The zero-order valence-electron chi connectivity index (χ0n) is 12.5. The van der Waals surface area contributed by atoms with Crippen molar-refractivity contribution in [3.8, 4) is 11.1 Å². The van der Waals surface area contributed by atoms with Crippen LogP contribution < -0.4 is 10.6 Å². The molecule has 0 saturated carbocycles. The van der Waals surface area contributed by atoms with Gasteiger partial charge in [0.2, 0.25) is 0 Å². The Kier molecular flexibility index (Phi) is 5.21. The van der Waals surface area contributed by atoms with Crippen molar-refractivity contribution < 1.29 is 4.79 Å². The lowest BCUT2D eigenvalue weighted by Crippen LogP contribution is -2.46. The van der Waals surface area contributed by atoms with E-state index in [1.165, 1.54) is 11.3 Å². The van der Waals surface area contributed by atoms with Gasteiger partial charge < -0.3 is 10.6 Å². The van der Waals surface area contributed by atoms with Crippen LogP contribution in [0.2, 0.25) is 0 Å². The van der Waals surface area contributed by atoms with Gasteiger partial charge in [0.15, 0.2) is 0 Å². The van der Waals surface area contributed by atoms with Crippen LogP contribution in [0.3, 0.4) is 0 Å². The van der Waals surface area contributed by atoms with E-state index in [2.05, 4.69) is 15.5 Å². The number of hydrogen-bond donors (Lipinski definition) is 2. The average molecular weight is 315 g/mol. The number of carbonyl (C=O) groups excluding carboxylic acids is 1. The van der Waals surface area contributed by atoms with Crippen molar-refractivity contribution in [1.29, 1.82) is 0 Å². The molecule has 1 aromatic heterocycles. The standard InChI is InChI=1S/C17H21N3OS/c21-17(19-9-12-20-10-7-18-8-11-20)16-15(6-13-22-16)14-4-2-1-3-5-14/h1-6,13,18H,7-12H2,(H,19,21). The second-order valence-electron chi connectivity index (χ2n) is 5.38. The quantitative estimate of drug-likeness (QED) is 0.887. The fraction of sp³-hybridized carbons (Fsp3) is 0.353. The lowest BCUT2D eigenvalue weighted by Gasteiger charge is -2.27. The molecule has 4 nitrogen and oxygen atoms in total. The molecule has 22 heavy (non-hydrogen) atoms. The number of carbonyl (C=O) groups is 1. The normalized spacial score (nSPS) is 15.6. The monoisotopic (exact) mass is 315 g/mol. The molecule has 1 amide bonds. The zero-order valence-corrected chi connectivity index (χ0v) is 13.4. The average Bonchev–Trinajstić information content (AvgIpc) is 3.06. The summed E-state index contributed by atoms with van der Waals surface area (Å²) in [5.74, 6) is 0.0315. The Morgan fingerprint density at radius 3 is 2.73 bits per heavy atom. The maximum atomic E-state index is 12.4. The van der Waals surface area contributed by atoms with Crippen LogP contribution >= 0.6 is 11.3 Å². The van der Waals surface area contributed by atoms with E-state index in [1.54, 1.807) is 0 Å². The zero-order chi connectivity index (χ0) is 15.2. The molecule has 1 aliphatic heterocycles. The summed E-state index contributed by atoms with van der Waals surface area (Å²) >= 11 is 1.50.